The van der Waals surface area contributed by atoms with Gasteiger partial charge in [-0.3, -0.25) is 9.59 Å². The molecule has 2 rings (SSSR count). The Bertz CT molecular complexity index is 664. The summed E-state index contributed by atoms with van der Waals surface area (Å²) in [6, 6.07) is 9.05. The van der Waals surface area contributed by atoms with Crippen LogP contribution in [0.3, 0.4) is 0 Å². The lowest BCUT2D eigenvalue weighted by molar-refractivity contribution is -0.121. The second-order valence-corrected chi connectivity index (χ2v) is 5.05. The summed E-state index contributed by atoms with van der Waals surface area (Å²) in [6.45, 7) is 1.82. The van der Waals surface area contributed by atoms with Gasteiger partial charge >= 0.3 is 0 Å². The lowest BCUT2D eigenvalue weighted by Crippen LogP contribution is -2.37. The van der Waals surface area contributed by atoms with E-state index in [1.807, 2.05) is 0 Å². The summed E-state index contributed by atoms with van der Waals surface area (Å²) in [6.07, 6.45) is 0.326. The molecule has 1 heterocycles. The van der Waals surface area contributed by atoms with E-state index in [1.165, 1.54) is 12.1 Å². The van der Waals surface area contributed by atoms with E-state index in [0.29, 0.717) is 12.2 Å². The van der Waals surface area contributed by atoms with Crippen LogP contribution in [0.1, 0.15) is 21.9 Å². The first kappa shape index (κ1) is 15.8. The Morgan fingerprint density at radius 1 is 1.23 bits per heavy atom. The summed E-state index contributed by atoms with van der Waals surface area (Å²) < 4.78 is 18.1. The molecule has 0 aliphatic carbocycles. The normalized spacial score (nSPS) is 11.9. The Labute approximate surface area is 127 Å². The largest absolute Gasteiger partial charge is 0.456 e. The highest BCUT2D eigenvalue weighted by molar-refractivity contribution is 5.91. The molecule has 1 aromatic carbocycles. The number of carbonyl (C=O) groups is 2. The van der Waals surface area contributed by atoms with Crippen molar-refractivity contribution < 1.29 is 18.4 Å². The van der Waals surface area contributed by atoms with Crippen LogP contribution in [0.25, 0.3) is 0 Å². The van der Waals surface area contributed by atoms with Crippen LogP contribution in [-0.4, -0.2) is 18.4 Å². The topological polar surface area (TPSA) is 85.3 Å². The molecule has 0 aliphatic rings. The van der Waals surface area contributed by atoms with Gasteiger partial charge in [-0.1, -0.05) is 12.1 Å². The van der Waals surface area contributed by atoms with Crippen LogP contribution in [0.5, 0.6) is 0 Å². The number of nitrogens with one attached hydrogen (secondary N) is 1. The molecule has 3 N–H and O–H groups in total. The van der Waals surface area contributed by atoms with Crippen molar-refractivity contribution in [2.75, 3.05) is 6.54 Å². The average Bonchev–Trinajstić information content (AvgIpc) is 2.91. The molecule has 0 saturated heterocycles. The molecular formula is C16H17FN2O3. The number of carbonyl (C=O) groups excluding carboxylic acids is 2. The average molecular weight is 304 g/mol. The first-order valence-electron chi connectivity index (χ1n) is 6.84. The Hall–Kier alpha value is -2.63. The van der Waals surface area contributed by atoms with Crippen molar-refractivity contribution in [3.63, 3.8) is 0 Å². The first-order valence-corrected chi connectivity index (χ1v) is 6.84. The molecule has 116 valence electrons. The van der Waals surface area contributed by atoms with Crippen LogP contribution in [-0.2, 0) is 11.2 Å². The quantitative estimate of drug-likeness (QED) is 0.853. The van der Waals surface area contributed by atoms with E-state index in [4.69, 9.17) is 10.2 Å². The van der Waals surface area contributed by atoms with Crippen molar-refractivity contribution in [2.45, 2.75) is 13.3 Å². The maximum absolute atomic E-state index is 12.9. The van der Waals surface area contributed by atoms with Crippen molar-refractivity contribution in [3.8, 4) is 0 Å². The van der Waals surface area contributed by atoms with Gasteiger partial charge in [0, 0.05) is 6.54 Å². The molecule has 0 bridgehead atoms. The van der Waals surface area contributed by atoms with E-state index in [9.17, 15) is 14.0 Å². The Kier molecular flexibility index (Phi) is 4.93. The molecule has 0 unspecified atom stereocenters. The molecule has 0 radical (unpaired) electrons. The lowest BCUT2D eigenvalue weighted by Gasteiger charge is -2.14. The van der Waals surface area contributed by atoms with Gasteiger partial charge in [0.15, 0.2) is 5.76 Å². The highest BCUT2D eigenvalue weighted by atomic mass is 19.1. The van der Waals surface area contributed by atoms with E-state index >= 15 is 0 Å². The number of primary amides is 1. The number of aryl methyl sites for hydroxylation is 1. The van der Waals surface area contributed by atoms with Crippen molar-refractivity contribution in [2.24, 2.45) is 11.7 Å². The summed E-state index contributed by atoms with van der Waals surface area (Å²) in [4.78, 5) is 23.4. The van der Waals surface area contributed by atoms with Crippen molar-refractivity contribution in [3.05, 3.63) is 59.3 Å². The zero-order valence-electron chi connectivity index (χ0n) is 12.1. The molecule has 1 aromatic heterocycles. The third kappa shape index (κ3) is 4.18. The molecular weight excluding hydrogens is 287 g/mol. The van der Waals surface area contributed by atoms with Crippen LogP contribution >= 0.6 is 0 Å². The second-order valence-electron chi connectivity index (χ2n) is 5.05. The van der Waals surface area contributed by atoms with E-state index in [-0.39, 0.29) is 18.1 Å². The highest BCUT2D eigenvalue weighted by Crippen LogP contribution is 2.10. The van der Waals surface area contributed by atoms with Crippen LogP contribution in [0.15, 0.2) is 40.8 Å². The molecule has 0 fully saturated rings. The van der Waals surface area contributed by atoms with Gasteiger partial charge in [-0.25, -0.2) is 4.39 Å². The molecule has 5 nitrogen and oxygen atoms in total. The van der Waals surface area contributed by atoms with E-state index in [2.05, 4.69) is 5.32 Å². The molecule has 0 aliphatic heterocycles. The zero-order valence-corrected chi connectivity index (χ0v) is 12.1. The molecule has 2 amide bonds. The fourth-order valence-electron chi connectivity index (χ4n) is 2.04. The SMILES string of the molecule is Cc1ccc(C(=O)NC[C@@H](Cc2ccc(F)cc2)C(N)=O)o1. The smallest absolute Gasteiger partial charge is 0.287 e. The number of halogens is 1. The number of hydrogen-bond acceptors (Lipinski definition) is 3. The molecule has 22 heavy (non-hydrogen) atoms. The molecule has 0 saturated carbocycles. The van der Waals surface area contributed by atoms with Crippen molar-refractivity contribution in [1.29, 1.82) is 0 Å². The first-order chi connectivity index (χ1) is 10.5. The summed E-state index contributed by atoms with van der Waals surface area (Å²) in [5.74, 6) is -1.05. The van der Waals surface area contributed by atoms with E-state index < -0.39 is 17.7 Å². The number of nitrogens with two attached hydrogens (primary N) is 1. The summed E-state index contributed by atoms with van der Waals surface area (Å²) >= 11 is 0. The maximum atomic E-state index is 12.9. The minimum atomic E-state index is -0.578. The molecule has 6 heteroatoms. The van der Waals surface area contributed by atoms with Crippen LogP contribution in [0, 0.1) is 18.7 Å². The van der Waals surface area contributed by atoms with Gasteiger partial charge in [0.2, 0.25) is 5.91 Å². The van der Waals surface area contributed by atoms with Crippen LogP contribution < -0.4 is 11.1 Å². The van der Waals surface area contributed by atoms with E-state index in [0.717, 1.165) is 5.56 Å². The minimum Gasteiger partial charge on any atom is -0.456 e. The van der Waals surface area contributed by atoms with Gasteiger partial charge < -0.3 is 15.5 Å². The summed E-state index contributed by atoms with van der Waals surface area (Å²) in [7, 11) is 0. The highest BCUT2D eigenvalue weighted by Gasteiger charge is 2.18. The standard InChI is InChI=1S/C16H17FN2O3/c1-10-2-7-14(22-10)16(21)19-9-12(15(18)20)8-11-3-5-13(17)6-4-11/h2-7,12H,8-9H2,1H3,(H2,18,20)(H,19,21)/t12-/m1/s1. The zero-order chi connectivity index (χ0) is 16.1. The number of amides is 2. The predicted octanol–water partition coefficient (Wildman–Crippen LogP) is 1.80. The predicted molar refractivity (Wildman–Crippen MR) is 78.6 cm³/mol. The summed E-state index contributed by atoms with van der Waals surface area (Å²) in [5.41, 5.74) is 6.13. The molecule has 1 atom stereocenters. The second kappa shape index (κ2) is 6.89. The molecule has 0 spiro atoms. The fraction of sp³-hybridized carbons (Fsp3) is 0.250. The van der Waals surface area contributed by atoms with Crippen LogP contribution in [0.2, 0.25) is 0 Å². The Balaban J connectivity index is 1.95. The maximum Gasteiger partial charge on any atom is 0.287 e. The van der Waals surface area contributed by atoms with Gasteiger partial charge in [-0.15, -0.1) is 0 Å². The van der Waals surface area contributed by atoms with Gasteiger partial charge in [0.1, 0.15) is 11.6 Å². The van der Waals surface area contributed by atoms with Gasteiger partial charge in [-0.2, -0.15) is 0 Å². The molecule has 2 aromatic rings. The lowest BCUT2D eigenvalue weighted by atomic mass is 9.98. The van der Waals surface area contributed by atoms with Gasteiger partial charge in [0.05, 0.1) is 5.92 Å². The monoisotopic (exact) mass is 304 g/mol. The number of benzene rings is 1. The van der Waals surface area contributed by atoms with Crippen LogP contribution in [0.4, 0.5) is 4.39 Å². The van der Waals surface area contributed by atoms with Gasteiger partial charge in [-0.05, 0) is 43.2 Å². The number of hydrogen-bond donors (Lipinski definition) is 2. The van der Waals surface area contributed by atoms with Gasteiger partial charge in [0.25, 0.3) is 5.91 Å². The minimum absolute atomic E-state index is 0.0886. The Morgan fingerprint density at radius 2 is 1.91 bits per heavy atom. The summed E-state index contributed by atoms with van der Waals surface area (Å²) in [5, 5.41) is 2.62. The third-order valence-corrected chi connectivity index (χ3v) is 3.27. The third-order valence-electron chi connectivity index (χ3n) is 3.27. The van der Waals surface area contributed by atoms with Crippen molar-refractivity contribution in [1.82, 2.24) is 5.32 Å². The fourth-order valence-corrected chi connectivity index (χ4v) is 2.04. The number of furan rings is 1. The number of rotatable bonds is 6. The van der Waals surface area contributed by atoms with E-state index in [1.54, 1.807) is 31.2 Å². The Morgan fingerprint density at radius 3 is 2.45 bits per heavy atom. The van der Waals surface area contributed by atoms with Crippen molar-refractivity contribution >= 4 is 11.8 Å².